The van der Waals surface area contributed by atoms with Crippen LogP contribution < -0.4 is 0 Å². The summed E-state index contributed by atoms with van der Waals surface area (Å²) in [6, 6.07) is 11.4. The van der Waals surface area contributed by atoms with Gasteiger partial charge in [0, 0.05) is 90.8 Å². The highest BCUT2D eigenvalue weighted by Gasteiger charge is 2.21. The van der Waals surface area contributed by atoms with Gasteiger partial charge in [-0.3, -0.25) is 53.6 Å². The number of nitrogens with zero attached hydrogens (tertiary/aromatic N) is 7. The maximum absolute atomic E-state index is 13.3. The Labute approximate surface area is 257 Å². The summed E-state index contributed by atoms with van der Waals surface area (Å²) in [5, 5.41) is 28.2. The number of pyridine rings is 2. The smallest absolute Gasteiger partial charge is 0.317 e. The maximum atomic E-state index is 13.3. The van der Waals surface area contributed by atoms with Crippen LogP contribution in [0, 0.1) is 0 Å². The minimum Gasteiger partial charge on any atom is -0.480 e. The van der Waals surface area contributed by atoms with Gasteiger partial charge in [-0.2, -0.15) is 0 Å². The van der Waals surface area contributed by atoms with Crippen molar-refractivity contribution in [2.24, 2.45) is 0 Å². The van der Waals surface area contributed by atoms with E-state index in [0.717, 1.165) is 11.4 Å². The van der Waals surface area contributed by atoms with Gasteiger partial charge in [0.15, 0.2) is 0 Å². The Bertz CT molecular complexity index is 1120. The first-order valence-electron chi connectivity index (χ1n) is 14.7. The van der Waals surface area contributed by atoms with Crippen LogP contribution >= 0.6 is 0 Å². The van der Waals surface area contributed by atoms with Gasteiger partial charge in [-0.1, -0.05) is 12.1 Å². The van der Waals surface area contributed by atoms with Gasteiger partial charge in [-0.25, -0.2) is 0 Å². The predicted octanol–water partition coefficient (Wildman–Crippen LogP) is -0.0866. The number of rotatable bonds is 15. The first kappa shape index (κ1) is 34.7. The van der Waals surface area contributed by atoms with Gasteiger partial charge in [-0.15, -0.1) is 0 Å². The van der Waals surface area contributed by atoms with E-state index < -0.39 is 17.9 Å². The Kier molecular flexibility index (Phi) is 14.8. The Morgan fingerprint density at radius 2 is 0.955 bits per heavy atom. The fourth-order valence-corrected chi connectivity index (χ4v) is 5.05. The summed E-state index contributed by atoms with van der Waals surface area (Å²) in [4.78, 5) is 65.8. The molecule has 14 heteroatoms. The lowest BCUT2D eigenvalue weighted by atomic mass is 10.2. The number of carboxylic acid groups (broad SMARTS) is 3. The molecular formula is C30H43N7O7. The third kappa shape index (κ3) is 14.1. The monoisotopic (exact) mass is 613 g/mol. The Morgan fingerprint density at radius 1 is 0.591 bits per heavy atom. The largest absolute Gasteiger partial charge is 0.480 e. The van der Waals surface area contributed by atoms with Gasteiger partial charge in [0.25, 0.3) is 0 Å². The molecule has 1 aliphatic rings. The van der Waals surface area contributed by atoms with Crippen molar-refractivity contribution in [2.45, 2.75) is 19.5 Å². The normalized spacial score (nSPS) is 16.7. The van der Waals surface area contributed by atoms with E-state index in [-0.39, 0.29) is 38.4 Å². The maximum Gasteiger partial charge on any atom is 0.317 e. The van der Waals surface area contributed by atoms with Crippen LogP contribution in [0.4, 0.5) is 0 Å². The van der Waals surface area contributed by atoms with Crippen molar-refractivity contribution in [1.29, 1.82) is 0 Å². The van der Waals surface area contributed by atoms with Crippen molar-refractivity contribution in [3.63, 3.8) is 0 Å². The quantitative estimate of drug-likeness (QED) is 0.243. The molecule has 0 saturated carbocycles. The van der Waals surface area contributed by atoms with Gasteiger partial charge in [0.1, 0.15) is 5.78 Å². The van der Waals surface area contributed by atoms with Crippen LogP contribution in [0.15, 0.2) is 48.8 Å². The Morgan fingerprint density at radius 3 is 1.27 bits per heavy atom. The molecule has 14 nitrogen and oxygen atoms in total. The minimum atomic E-state index is -1.00. The van der Waals surface area contributed by atoms with E-state index in [1.165, 1.54) is 0 Å². The van der Waals surface area contributed by atoms with E-state index in [0.29, 0.717) is 72.0 Å². The van der Waals surface area contributed by atoms with Crippen molar-refractivity contribution in [3.8, 4) is 0 Å². The molecule has 2 aromatic rings. The van der Waals surface area contributed by atoms with E-state index >= 15 is 0 Å². The minimum absolute atomic E-state index is 0.0198. The number of aromatic nitrogens is 2. The van der Waals surface area contributed by atoms with Crippen molar-refractivity contribution >= 4 is 23.7 Å². The molecule has 3 rings (SSSR count). The van der Waals surface area contributed by atoms with Crippen LogP contribution in [0.2, 0.25) is 0 Å². The number of carboxylic acids is 3. The first-order valence-corrected chi connectivity index (χ1v) is 14.7. The van der Waals surface area contributed by atoms with Gasteiger partial charge >= 0.3 is 17.9 Å². The van der Waals surface area contributed by atoms with Crippen LogP contribution in [0.25, 0.3) is 0 Å². The van der Waals surface area contributed by atoms with E-state index in [1.54, 1.807) is 27.1 Å². The topological polar surface area (TPSA) is 171 Å². The lowest BCUT2D eigenvalue weighted by molar-refractivity contribution is -0.140. The van der Waals surface area contributed by atoms with Gasteiger partial charge in [-0.05, 0) is 24.3 Å². The Balaban J connectivity index is 1.66. The van der Waals surface area contributed by atoms with Crippen LogP contribution in [0.5, 0.6) is 0 Å². The fraction of sp³-hybridized carbons (Fsp3) is 0.533. The zero-order valence-corrected chi connectivity index (χ0v) is 25.0. The summed E-state index contributed by atoms with van der Waals surface area (Å²) in [7, 11) is 0. The molecule has 1 aliphatic heterocycles. The summed E-state index contributed by atoms with van der Waals surface area (Å²) in [6.45, 7) is 3.97. The summed E-state index contributed by atoms with van der Waals surface area (Å²) in [5.41, 5.74) is 1.77. The first-order chi connectivity index (χ1) is 21.2. The van der Waals surface area contributed by atoms with Crippen molar-refractivity contribution in [1.82, 2.24) is 34.5 Å². The molecule has 3 heterocycles. The molecule has 0 bridgehead atoms. The molecule has 240 valence electrons. The Hall–Kier alpha value is -3.82. The number of hydrogen-bond acceptors (Lipinski definition) is 11. The van der Waals surface area contributed by atoms with Gasteiger partial charge < -0.3 is 15.3 Å². The molecule has 1 saturated heterocycles. The molecule has 1 fully saturated rings. The zero-order chi connectivity index (χ0) is 31.7. The number of ketones is 1. The number of Topliss-reactive ketones (excluding diaryl/α,β-unsaturated/α-hetero) is 1. The van der Waals surface area contributed by atoms with Crippen LogP contribution in [0.3, 0.4) is 0 Å². The SMILES string of the molecule is O=C(O)CN1CCN(CC(=O)O)CCN(CC(=O)CCN(Cc2ccccn2)Cc2ccccn2)CCN(CC(=O)O)CC1. The molecule has 0 spiro atoms. The highest BCUT2D eigenvalue weighted by Crippen LogP contribution is 2.09. The summed E-state index contributed by atoms with van der Waals surface area (Å²) in [5.74, 6) is -2.96. The second-order valence-electron chi connectivity index (χ2n) is 10.9. The third-order valence-corrected chi connectivity index (χ3v) is 7.34. The van der Waals surface area contributed by atoms with Gasteiger partial charge in [0.2, 0.25) is 0 Å². The van der Waals surface area contributed by atoms with E-state index in [1.807, 2.05) is 41.3 Å². The van der Waals surface area contributed by atoms with E-state index in [2.05, 4.69) is 14.9 Å². The lowest BCUT2D eigenvalue weighted by Crippen LogP contribution is -2.49. The average Bonchev–Trinajstić information content (AvgIpc) is 2.97. The second-order valence-corrected chi connectivity index (χ2v) is 10.9. The third-order valence-electron chi connectivity index (χ3n) is 7.34. The molecule has 3 N–H and O–H groups in total. The molecule has 0 amide bonds. The van der Waals surface area contributed by atoms with Crippen LogP contribution in [-0.2, 0) is 32.3 Å². The molecule has 2 aromatic heterocycles. The summed E-state index contributed by atoms with van der Waals surface area (Å²) in [6.07, 6.45) is 3.76. The molecule has 44 heavy (non-hydrogen) atoms. The number of carbonyl (C=O) groups excluding carboxylic acids is 1. The van der Waals surface area contributed by atoms with Crippen LogP contribution in [-0.4, -0.2) is 159 Å². The number of carbonyl (C=O) groups is 4. The highest BCUT2D eigenvalue weighted by atomic mass is 16.4. The molecular weight excluding hydrogens is 570 g/mol. The number of aliphatic carboxylic acids is 3. The second kappa shape index (κ2) is 18.8. The predicted molar refractivity (Wildman–Crippen MR) is 161 cm³/mol. The van der Waals surface area contributed by atoms with E-state index in [4.69, 9.17) is 0 Å². The fourth-order valence-electron chi connectivity index (χ4n) is 5.05. The van der Waals surface area contributed by atoms with Crippen molar-refractivity contribution < 1.29 is 34.5 Å². The molecule has 0 atom stereocenters. The molecule has 0 radical (unpaired) electrons. The summed E-state index contributed by atoms with van der Waals surface area (Å²) >= 11 is 0. The zero-order valence-electron chi connectivity index (χ0n) is 25.0. The average molecular weight is 614 g/mol. The van der Waals surface area contributed by atoms with Crippen LogP contribution in [0.1, 0.15) is 17.8 Å². The highest BCUT2D eigenvalue weighted by molar-refractivity contribution is 5.80. The lowest BCUT2D eigenvalue weighted by Gasteiger charge is -2.33. The molecule has 0 unspecified atom stereocenters. The standard InChI is InChI=1S/C30H43N7O7/c38-27(7-10-37(19-25-5-1-3-8-31-25)20-26-6-2-4-9-32-26)21-33-11-13-34(22-28(39)40)15-17-36(24-30(43)44)18-16-35(14-12-33)23-29(41)42/h1-6,8-9H,7,10-24H2,(H,39,40)(H,41,42)(H,43,44). The summed E-state index contributed by atoms with van der Waals surface area (Å²) < 4.78 is 0. The molecule has 0 aliphatic carbocycles. The van der Waals surface area contributed by atoms with Crippen molar-refractivity contribution in [2.75, 3.05) is 85.1 Å². The van der Waals surface area contributed by atoms with E-state index in [9.17, 15) is 34.5 Å². The van der Waals surface area contributed by atoms with Crippen molar-refractivity contribution in [3.05, 3.63) is 60.2 Å². The number of hydrogen-bond donors (Lipinski definition) is 3. The van der Waals surface area contributed by atoms with Gasteiger partial charge in [0.05, 0.1) is 37.6 Å². The molecule has 0 aromatic carbocycles.